The molecule has 12 nitrogen and oxygen atoms in total. The molecule has 16 heteroatoms. The van der Waals surface area contributed by atoms with Crippen LogP contribution in [0.25, 0.3) is 0 Å². The third kappa shape index (κ3) is 8.21. The zero-order chi connectivity index (χ0) is 25.7. The molecule has 0 aliphatic rings. The minimum atomic E-state index is -4.89. The van der Waals surface area contributed by atoms with Gasteiger partial charge in [-0.3, -0.25) is 0 Å². The first kappa shape index (κ1) is 34.9. The zero-order valence-electron chi connectivity index (χ0n) is 21.0. The Morgan fingerprint density at radius 1 is 0.944 bits per heavy atom. The molecule has 0 fully saturated rings. The van der Waals surface area contributed by atoms with E-state index in [4.69, 9.17) is 4.74 Å². The second-order valence-electron chi connectivity index (χ2n) is 6.75. The van der Waals surface area contributed by atoms with E-state index in [-0.39, 0.29) is 101 Å². The van der Waals surface area contributed by atoms with Crippen LogP contribution in [0.2, 0.25) is 0 Å². The number of ether oxygens (including phenoxy) is 1. The summed E-state index contributed by atoms with van der Waals surface area (Å²) >= 11 is 0. The van der Waals surface area contributed by atoms with Crippen LogP contribution in [-0.2, 0) is 20.1 Å². The normalized spacial score (nSPS) is 11.6. The fourth-order valence-corrected chi connectivity index (χ4v) is 5.04. The number of carbonyl (C=O) groups excluding carboxylic acids is 1. The first-order chi connectivity index (χ1) is 15.9. The smallest absolute Gasteiger partial charge is 0.744 e. The van der Waals surface area contributed by atoms with E-state index in [0.717, 1.165) is 17.1 Å². The van der Waals surface area contributed by atoms with Crippen LogP contribution >= 0.6 is 0 Å². The Bertz CT molecular complexity index is 1300. The number of aromatic carboxylic acids is 1. The Balaban J connectivity index is 0.00000612. The molecule has 0 N–H and O–H groups in total. The first-order valence-corrected chi connectivity index (χ1v) is 12.9. The number of sulfonamides is 1. The van der Waals surface area contributed by atoms with Gasteiger partial charge in [0, 0.05) is 25.2 Å². The van der Waals surface area contributed by atoms with Crippen molar-refractivity contribution < 1.29 is 95.1 Å². The molecule has 0 aliphatic carbocycles. The van der Waals surface area contributed by atoms with E-state index in [9.17, 15) is 31.3 Å². The fraction of sp³-hybridized carbons (Fsp3) is 0.350. The van der Waals surface area contributed by atoms with Crippen molar-refractivity contribution in [1.29, 1.82) is 0 Å². The average molecular weight is 559 g/mol. The van der Waals surface area contributed by atoms with E-state index < -0.39 is 36.6 Å². The molecule has 0 saturated heterocycles. The summed E-state index contributed by atoms with van der Waals surface area (Å²) in [6, 6.07) is 6.79. The molecule has 0 bridgehead atoms. The van der Waals surface area contributed by atoms with Crippen LogP contribution < -0.4 is 74.0 Å². The standard InChI is InChI=1S/C20H26N4O8S2.2Na/c1-5-23(6-2)33(27,28)14-9-11-19(32-4)17(13-14)21-22-24(7-3)18-10-8-15(34(29,30)31)12-16(18)20(25)26;;/h8-13H,5-7H2,1-4H3,(H,25,26)(H,29,30,31);;/q;2*+1/p-2. The molecule has 0 amide bonds. The van der Waals surface area contributed by atoms with E-state index >= 15 is 0 Å². The van der Waals surface area contributed by atoms with Gasteiger partial charge in [-0.25, -0.2) is 21.8 Å². The molecule has 2 aromatic rings. The number of benzene rings is 2. The van der Waals surface area contributed by atoms with Gasteiger partial charge in [0.05, 0.1) is 28.6 Å². The monoisotopic (exact) mass is 558 g/mol. The maximum absolute atomic E-state index is 12.9. The van der Waals surface area contributed by atoms with Crippen LogP contribution in [0.15, 0.2) is 56.5 Å². The molecule has 36 heavy (non-hydrogen) atoms. The van der Waals surface area contributed by atoms with Gasteiger partial charge >= 0.3 is 59.1 Å². The number of nitrogens with zero attached hydrogens (tertiary/aromatic N) is 4. The summed E-state index contributed by atoms with van der Waals surface area (Å²) in [6.07, 6.45) is 0. The summed E-state index contributed by atoms with van der Waals surface area (Å²) in [5, 5.41) is 20.7. The van der Waals surface area contributed by atoms with Gasteiger partial charge in [-0.05, 0) is 43.3 Å². The fourth-order valence-electron chi connectivity index (χ4n) is 3.06. The largest absolute Gasteiger partial charge is 1.00 e. The summed E-state index contributed by atoms with van der Waals surface area (Å²) in [5.41, 5.74) is -0.602. The molecule has 0 aliphatic heterocycles. The zero-order valence-corrected chi connectivity index (χ0v) is 26.6. The third-order valence-corrected chi connectivity index (χ3v) is 7.69. The van der Waals surface area contributed by atoms with Crippen LogP contribution in [0.4, 0.5) is 11.4 Å². The average Bonchev–Trinajstić information content (AvgIpc) is 2.79. The molecule has 0 atom stereocenters. The summed E-state index contributed by atoms with van der Waals surface area (Å²) in [4.78, 5) is 10.8. The molecular weight excluding hydrogens is 534 g/mol. The van der Waals surface area contributed by atoms with Crippen LogP contribution in [0.1, 0.15) is 31.1 Å². The number of carbonyl (C=O) groups is 1. The van der Waals surface area contributed by atoms with Crippen molar-refractivity contribution in [3.8, 4) is 5.75 Å². The van der Waals surface area contributed by atoms with Gasteiger partial charge in [0.15, 0.2) is 0 Å². The van der Waals surface area contributed by atoms with Gasteiger partial charge < -0.3 is 19.2 Å². The minimum absolute atomic E-state index is 0. The maximum Gasteiger partial charge on any atom is 1.00 e. The predicted octanol–water partition coefficient (Wildman–Crippen LogP) is -4.47. The van der Waals surface area contributed by atoms with Gasteiger partial charge in [-0.15, -0.1) is 5.11 Å². The van der Waals surface area contributed by atoms with Gasteiger partial charge in [0.2, 0.25) is 10.0 Å². The first-order valence-electron chi connectivity index (χ1n) is 10.1. The van der Waals surface area contributed by atoms with Crippen molar-refractivity contribution in [2.75, 3.05) is 31.8 Å². The van der Waals surface area contributed by atoms with Crippen LogP contribution in [-0.4, -0.2) is 58.4 Å². The Morgan fingerprint density at radius 2 is 1.53 bits per heavy atom. The Hall–Kier alpha value is -1.07. The summed E-state index contributed by atoms with van der Waals surface area (Å²) in [6.45, 7) is 5.67. The van der Waals surface area contributed by atoms with E-state index in [1.54, 1.807) is 20.8 Å². The van der Waals surface area contributed by atoms with Gasteiger partial charge in [0.25, 0.3) is 0 Å². The van der Waals surface area contributed by atoms with Gasteiger partial charge in [-0.2, -0.15) is 4.31 Å². The van der Waals surface area contributed by atoms with E-state index in [1.807, 2.05) is 0 Å². The Morgan fingerprint density at radius 3 is 2.00 bits per heavy atom. The topological polar surface area (TPSA) is 172 Å². The van der Waals surface area contributed by atoms with Crippen molar-refractivity contribution in [1.82, 2.24) is 4.31 Å². The molecular formula is C20H24N4Na2O8S2. The number of rotatable bonds is 11. The van der Waals surface area contributed by atoms with E-state index in [0.29, 0.717) is 6.07 Å². The second kappa shape index (κ2) is 14.8. The summed E-state index contributed by atoms with van der Waals surface area (Å²) in [5.74, 6) is -1.51. The SMILES string of the molecule is CCN(N=Nc1cc(S(=O)(=O)N(CC)CC)ccc1OC)c1ccc(S(=O)(=O)[O-])cc1C(=O)[O-].[Na+].[Na+]. The molecule has 0 unspecified atom stereocenters. The van der Waals surface area contributed by atoms with Crippen molar-refractivity contribution in [2.45, 2.75) is 30.6 Å². The molecule has 2 aromatic carbocycles. The number of hydrogen-bond donors (Lipinski definition) is 0. The van der Waals surface area contributed by atoms with E-state index in [1.165, 1.54) is 29.6 Å². The maximum atomic E-state index is 12.9. The van der Waals surface area contributed by atoms with Crippen molar-refractivity contribution in [3.05, 3.63) is 42.0 Å². The number of anilines is 1. The van der Waals surface area contributed by atoms with Crippen molar-refractivity contribution in [2.24, 2.45) is 10.3 Å². The molecule has 0 aromatic heterocycles. The van der Waals surface area contributed by atoms with Gasteiger partial charge in [-0.1, -0.05) is 19.1 Å². The Kier molecular flexibility index (Phi) is 14.3. The summed E-state index contributed by atoms with van der Waals surface area (Å²) < 4.78 is 66.0. The number of carboxylic acid groups (broad SMARTS) is 1. The molecule has 0 saturated carbocycles. The second-order valence-corrected chi connectivity index (χ2v) is 10.1. The molecule has 0 radical (unpaired) electrons. The molecule has 0 spiro atoms. The quantitative estimate of drug-likeness (QED) is 0.114. The number of hydrogen-bond acceptors (Lipinski definition) is 10. The number of carboxylic acids is 1. The Labute approximate surface area is 255 Å². The molecule has 2 rings (SSSR count). The minimum Gasteiger partial charge on any atom is -0.744 e. The van der Waals surface area contributed by atoms with Crippen LogP contribution in [0.3, 0.4) is 0 Å². The third-order valence-electron chi connectivity index (χ3n) is 4.81. The molecule has 0 heterocycles. The van der Waals surface area contributed by atoms with Crippen LogP contribution in [0, 0.1) is 0 Å². The van der Waals surface area contributed by atoms with Gasteiger partial charge in [0.1, 0.15) is 21.6 Å². The van der Waals surface area contributed by atoms with E-state index in [2.05, 4.69) is 10.3 Å². The summed E-state index contributed by atoms with van der Waals surface area (Å²) in [7, 11) is -7.32. The van der Waals surface area contributed by atoms with Crippen LogP contribution in [0.5, 0.6) is 5.75 Å². The van der Waals surface area contributed by atoms with Crippen molar-refractivity contribution in [3.63, 3.8) is 0 Å². The van der Waals surface area contributed by atoms with Crippen molar-refractivity contribution >= 4 is 37.5 Å². The predicted molar refractivity (Wildman–Crippen MR) is 119 cm³/mol. The number of methoxy groups -OCH3 is 1. The molecule has 186 valence electrons.